The van der Waals surface area contributed by atoms with Gasteiger partial charge in [0.1, 0.15) is 0 Å². The van der Waals surface area contributed by atoms with Gasteiger partial charge in [-0.15, -0.1) is 0 Å². The molecule has 0 radical (unpaired) electrons. The average molecular weight is 327 g/mol. The number of carbonyl (C=O) groups is 1. The first-order valence-electron chi connectivity index (χ1n) is 8.52. The Labute approximate surface area is 142 Å². The molecule has 24 heavy (non-hydrogen) atoms. The number of aliphatic hydroxyl groups is 1. The molecule has 0 aliphatic carbocycles. The van der Waals surface area contributed by atoms with Gasteiger partial charge in [-0.2, -0.15) is 0 Å². The van der Waals surface area contributed by atoms with Crippen molar-refractivity contribution in [2.24, 2.45) is 5.41 Å². The second-order valence-electron chi connectivity index (χ2n) is 7.08. The quantitative estimate of drug-likeness (QED) is 0.906. The van der Waals surface area contributed by atoms with E-state index in [1.54, 1.807) is 6.20 Å². The number of hydrogen-bond donors (Lipinski definition) is 2. The number of pyridine rings is 1. The first kappa shape index (κ1) is 16.9. The number of rotatable bonds is 4. The Hall–Kier alpha value is -1.98. The van der Waals surface area contributed by atoms with Crippen LogP contribution in [0.2, 0.25) is 0 Å². The molecule has 1 aromatic carbocycles. The molecular formula is C19H25N3O2. The van der Waals surface area contributed by atoms with E-state index in [2.05, 4.69) is 22.1 Å². The summed E-state index contributed by atoms with van der Waals surface area (Å²) in [6.07, 6.45) is 3.76. The maximum absolute atomic E-state index is 12.7. The fourth-order valence-corrected chi connectivity index (χ4v) is 3.43. The zero-order valence-corrected chi connectivity index (χ0v) is 14.3. The Morgan fingerprint density at radius 1 is 1.42 bits per heavy atom. The molecule has 1 amide bonds. The summed E-state index contributed by atoms with van der Waals surface area (Å²) in [4.78, 5) is 19.2. The Morgan fingerprint density at radius 2 is 2.25 bits per heavy atom. The van der Waals surface area contributed by atoms with Crippen molar-refractivity contribution < 1.29 is 9.90 Å². The van der Waals surface area contributed by atoms with Gasteiger partial charge in [0, 0.05) is 30.1 Å². The fourth-order valence-electron chi connectivity index (χ4n) is 3.43. The molecule has 5 nitrogen and oxygen atoms in total. The Morgan fingerprint density at radius 3 is 3.04 bits per heavy atom. The van der Waals surface area contributed by atoms with Gasteiger partial charge in [0.05, 0.1) is 17.2 Å². The van der Waals surface area contributed by atoms with Crippen molar-refractivity contribution in [3.63, 3.8) is 0 Å². The number of hydrogen-bond acceptors (Lipinski definition) is 4. The van der Waals surface area contributed by atoms with E-state index in [-0.39, 0.29) is 24.0 Å². The molecule has 2 unspecified atom stereocenters. The second kappa shape index (κ2) is 6.87. The fraction of sp³-hybridized carbons (Fsp3) is 0.474. The van der Waals surface area contributed by atoms with Crippen LogP contribution in [0.1, 0.15) is 26.7 Å². The van der Waals surface area contributed by atoms with Crippen LogP contribution in [0.15, 0.2) is 36.5 Å². The molecule has 0 spiro atoms. The van der Waals surface area contributed by atoms with Gasteiger partial charge in [-0.25, -0.2) is 0 Å². The minimum absolute atomic E-state index is 0.0199. The van der Waals surface area contributed by atoms with E-state index in [0.29, 0.717) is 0 Å². The van der Waals surface area contributed by atoms with Crippen molar-refractivity contribution in [2.75, 3.05) is 25.0 Å². The highest BCUT2D eigenvalue weighted by Crippen LogP contribution is 2.30. The summed E-state index contributed by atoms with van der Waals surface area (Å²) in [6.45, 7) is 5.81. The van der Waals surface area contributed by atoms with Crippen molar-refractivity contribution in [2.45, 2.75) is 32.7 Å². The third-order valence-corrected chi connectivity index (χ3v) is 5.02. The third kappa shape index (κ3) is 3.42. The van der Waals surface area contributed by atoms with E-state index >= 15 is 0 Å². The van der Waals surface area contributed by atoms with Gasteiger partial charge in [0.25, 0.3) is 0 Å². The van der Waals surface area contributed by atoms with Crippen LogP contribution in [0, 0.1) is 5.41 Å². The number of benzene rings is 1. The number of aliphatic hydroxyl groups excluding tert-OH is 1. The highest BCUT2D eigenvalue weighted by atomic mass is 16.3. The van der Waals surface area contributed by atoms with E-state index in [1.807, 2.05) is 37.3 Å². The predicted octanol–water partition coefficient (Wildman–Crippen LogP) is 2.66. The Kier molecular flexibility index (Phi) is 4.83. The monoisotopic (exact) mass is 327 g/mol. The van der Waals surface area contributed by atoms with Crippen LogP contribution < -0.4 is 5.32 Å². The molecule has 1 aromatic heterocycles. The highest BCUT2D eigenvalue weighted by Gasteiger charge is 2.34. The smallest absolute Gasteiger partial charge is 0.241 e. The lowest BCUT2D eigenvalue weighted by Gasteiger charge is -2.41. The van der Waals surface area contributed by atoms with E-state index in [1.165, 1.54) is 0 Å². The molecular weight excluding hydrogens is 302 g/mol. The third-order valence-electron chi connectivity index (χ3n) is 5.02. The van der Waals surface area contributed by atoms with Crippen molar-refractivity contribution >= 4 is 22.5 Å². The number of anilines is 1. The molecule has 2 atom stereocenters. The van der Waals surface area contributed by atoms with Gasteiger partial charge in [-0.1, -0.05) is 13.0 Å². The number of aromatic nitrogens is 1. The van der Waals surface area contributed by atoms with E-state index in [4.69, 9.17) is 0 Å². The molecule has 1 fully saturated rings. The van der Waals surface area contributed by atoms with Crippen molar-refractivity contribution in [3.05, 3.63) is 36.5 Å². The number of amides is 1. The van der Waals surface area contributed by atoms with Crippen LogP contribution in [0.4, 0.5) is 5.69 Å². The summed E-state index contributed by atoms with van der Waals surface area (Å²) in [5, 5.41) is 13.6. The molecule has 2 aromatic rings. The lowest BCUT2D eigenvalue weighted by Crippen LogP contribution is -2.51. The summed E-state index contributed by atoms with van der Waals surface area (Å²) in [5.74, 6) is -0.0199. The molecule has 1 aliphatic heterocycles. The van der Waals surface area contributed by atoms with Crippen LogP contribution >= 0.6 is 0 Å². The minimum Gasteiger partial charge on any atom is -0.396 e. The SMILES string of the molecule is CC(C(=O)Nc1cccc2ncccc12)N1CCCC(C)(CO)C1. The standard InChI is InChI=1S/C19H25N3O2/c1-14(22-11-5-9-19(2,12-22)13-23)18(24)21-17-8-3-7-16-15(17)6-4-10-20-16/h3-4,6-8,10,14,23H,5,9,11-13H2,1-2H3,(H,21,24). The first-order valence-corrected chi connectivity index (χ1v) is 8.52. The Balaban J connectivity index is 1.74. The molecule has 2 heterocycles. The van der Waals surface area contributed by atoms with Crippen LogP contribution in [0.25, 0.3) is 10.9 Å². The summed E-state index contributed by atoms with van der Waals surface area (Å²) in [7, 11) is 0. The molecule has 0 bridgehead atoms. The highest BCUT2D eigenvalue weighted by molar-refractivity contribution is 6.02. The summed E-state index contributed by atoms with van der Waals surface area (Å²) < 4.78 is 0. The normalized spacial score (nSPS) is 23.1. The number of likely N-dealkylation sites (tertiary alicyclic amines) is 1. The molecule has 1 saturated heterocycles. The summed E-state index contributed by atoms with van der Waals surface area (Å²) in [6, 6.07) is 9.35. The van der Waals surface area contributed by atoms with Crippen LogP contribution in [-0.2, 0) is 4.79 Å². The zero-order chi connectivity index (χ0) is 17.2. The zero-order valence-electron chi connectivity index (χ0n) is 14.3. The largest absolute Gasteiger partial charge is 0.396 e. The minimum atomic E-state index is -0.233. The lowest BCUT2D eigenvalue weighted by molar-refractivity contribution is -0.122. The van der Waals surface area contributed by atoms with Crippen molar-refractivity contribution in [1.82, 2.24) is 9.88 Å². The lowest BCUT2D eigenvalue weighted by atomic mass is 9.82. The topological polar surface area (TPSA) is 65.5 Å². The van der Waals surface area contributed by atoms with Gasteiger partial charge in [-0.05, 0) is 50.6 Å². The van der Waals surface area contributed by atoms with Crippen molar-refractivity contribution in [3.8, 4) is 0 Å². The molecule has 2 N–H and O–H groups in total. The number of fused-ring (bicyclic) bond motifs is 1. The van der Waals surface area contributed by atoms with Gasteiger partial charge in [0.15, 0.2) is 0 Å². The van der Waals surface area contributed by atoms with E-state index in [9.17, 15) is 9.90 Å². The number of nitrogens with zero attached hydrogens (tertiary/aromatic N) is 2. The van der Waals surface area contributed by atoms with Crippen LogP contribution in [0.3, 0.4) is 0 Å². The Bertz CT molecular complexity index is 728. The molecule has 128 valence electrons. The van der Waals surface area contributed by atoms with Gasteiger partial charge in [0.2, 0.25) is 5.91 Å². The number of carbonyl (C=O) groups excluding carboxylic acids is 1. The van der Waals surface area contributed by atoms with E-state index in [0.717, 1.165) is 42.5 Å². The average Bonchev–Trinajstić information content (AvgIpc) is 2.61. The van der Waals surface area contributed by atoms with Gasteiger partial charge in [-0.3, -0.25) is 14.7 Å². The van der Waals surface area contributed by atoms with Gasteiger partial charge < -0.3 is 10.4 Å². The predicted molar refractivity (Wildman–Crippen MR) is 95.8 cm³/mol. The molecule has 1 aliphatic rings. The number of piperidine rings is 1. The molecule has 0 saturated carbocycles. The number of nitrogens with one attached hydrogen (secondary N) is 1. The van der Waals surface area contributed by atoms with Gasteiger partial charge >= 0.3 is 0 Å². The van der Waals surface area contributed by atoms with E-state index < -0.39 is 0 Å². The molecule has 5 heteroatoms. The van der Waals surface area contributed by atoms with Crippen LogP contribution in [-0.4, -0.2) is 46.6 Å². The maximum Gasteiger partial charge on any atom is 0.241 e. The van der Waals surface area contributed by atoms with Crippen molar-refractivity contribution in [1.29, 1.82) is 0 Å². The maximum atomic E-state index is 12.7. The second-order valence-corrected chi connectivity index (χ2v) is 7.08. The molecule has 3 rings (SSSR count). The van der Waals surface area contributed by atoms with Crippen LogP contribution in [0.5, 0.6) is 0 Å². The summed E-state index contributed by atoms with van der Waals surface area (Å²) in [5.41, 5.74) is 1.55. The first-order chi connectivity index (χ1) is 11.5. The summed E-state index contributed by atoms with van der Waals surface area (Å²) >= 11 is 0.